The normalized spacial score (nSPS) is 13.9. The SMILES string of the molecule is CCCC1=Cc2c(cc3ccccc3c2Br)C1. The molecule has 0 N–H and O–H groups in total. The third kappa shape index (κ3) is 1.83. The summed E-state index contributed by atoms with van der Waals surface area (Å²) in [5.74, 6) is 0. The van der Waals surface area contributed by atoms with Crippen molar-refractivity contribution in [3.63, 3.8) is 0 Å². The molecule has 17 heavy (non-hydrogen) atoms. The highest BCUT2D eigenvalue weighted by molar-refractivity contribution is 9.10. The molecule has 0 aliphatic heterocycles. The Hall–Kier alpha value is -1.08. The number of benzene rings is 2. The van der Waals surface area contributed by atoms with Gasteiger partial charge in [-0.1, -0.05) is 55.3 Å². The Morgan fingerprint density at radius 3 is 2.88 bits per heavy atom. The number of allylic oxidation sites excluding steroid dienone is 1. The van der Waals surface area contributed by atoms with Crippen LogP contribution in [0.25, 0.3) is 16.8 Å². The van der Waals surface area contributed by atoms with Crippen LogP contribution in [0.5, 0.6) is 0 Å². The van der Waals surface area contributed by atoms with Gasteiger partial charge in [0.1, 0.15) is 0 Å². The Kier molecular flexibility index (Phi) is 2.79. The number of rotatable bonds is 2. The highest BCUT2D eigenvalue weighted by Crippen LogP contribution is 2.37. The number of hydrogen-bond donors (Lipinski definition) is 0. The van der Waals surface area contributed by atoms with Crippen molar-refractivity contribution in [3.05, 3.63) is 51.5 Å². The molecular formula is C16H15Br. The van der Waals surface area contributed by atoms with E-state index in [1.807, 2.05) is 0 Å². The summed E-state index contributed by atoms with van der Waals surface area (Å²) in [6, 6.07) is 10.9. The predicted octanol–water partition coefficient (Wildman–Crippen LogP) is 5.34. The van der Waals surface area contributed by atoms with Gasteiger partial charge in [0, 0.05) is 4.47 Å². The zero-order valence-electron chi connectivity index (χ0n) is 9.96. The summed E-state index contributed by atoms with van der Waals surface area (Å²) in [5, 5.41) is 2.66. The van der Waals surface area contributed by atoms with E-state index in [0.717, 1.165) is 6.42 Å². The molecule has 0 unspecified atom stereocenters. The summed E-state index contributed by atoms with van der Waals surface area (Å²) in [5.41, 5.74) is 4.43. The van der Waals surface area contributed by atoms with E-state index in [1.165, 1.54) is 39.2 Å². The fourth-order valence-corrected chi connectivity index (χ4v) is 3.39. The van der Waals surface area contributed by atoms with Crippen LogP contribution in [-0.4, -0.2) is 0 Å². The Bertz CT molecular complexity index is 608. The van der Waals surface area contributed by atoms with Crippen LogP contribution in [-0.2, 0) is 6.42 Å². The molecule has 0 spiro atoms. The molecule has 0 heterocycles. The average Bonchev–Trinajstić information content (AvgIpc) is 2.73. The fraction of sp³-hybridized carbons (Fsp3) is 0.250. The molecule has 1 aliphatic rings. The minimum Gasteiger partial charge on any atom is -0.0652 e. The molecule has 0 fully saturated rings. The number of fused-ring (bicyclic) bond motifs is 2. The van der Waals surface area contributed by atoms with Gasteiger partial charge in [0.15, 0.2) is 0 Å². The van der Waals surface area contributed by atoms with Gasteiger partial charge in [-0.2, -0.15) is 0 Å². The maximum atomic E-state index is 3.77. The van der Waals surface area contributed by atoms with Gasteiger partial charge in [0.05, 0.1) is 0 Å². The summed E-state index contributed by atoms with van der Waals surface area (Å²) in [6.45, 7) is 2.25. The van der Waals surface area contributed by atoms with Crippen molar-refractivity contribution in [2.24, 2.45) is 0 Å². The van der Waals surface area contributed by atoms with Gasteiger partial charge in [0.25, 0.3) is 0 Å². The largest absolute Gasteiger partial charge is 0.0652 e. The second kappa shape index (κ2) is 4.30. The first-order valence-electron chi connectivity index (χ1n) is 6.19. The lowest BCUT2D eigenvalue weighted by molar-refractivity contribution is 0.887. The van der Waals surface area contributed by atoms with Crippen molar-refractivity contribution in [3.8, 4) is 0 Å². The van der Waals surface area contributed by atoms with Crippen molar-refractivity contribution >= 4 is 32.8 Å². The topological polar surface area (TPSA) is 0 Å². The average molecular weight is 287 g/mol. The van der Waals surface area contributed by atoms with Crippen molar-refractivity contribution < 1.29 is 0 Å². The van der Waals surface area contributed by atoms with Crippen LogP contribution in [0.15, 0.2) is 40.4 Å². The third-order valence-electron chi connectivity index (χ3n) is 3.45. The second-order valence-electron chi connectivity index (χ2n) is 4.71. The van der Waals surface area contributed by atoms with Gasteiger partial charge in [-0.3, -0.25) is 0 Å². The first-order chi connectivity index (χ1) is 8.29. The summed E-state index contributed by atoms with van der Waals surface area (Å²) >= 11 is 3.77. The Balaban J connectivity index is 2.18. The molecule has 86 valence electrons. The lowest BCUT2D eigenvalue weighted by Gasteiger charge is -2.06. The number of halogens is 1. The zero-order valence-corrected chi connectivity index (χ0v) is 11.5. The number of hydrogen-bond acceptors (Lipinski definition) is 0. The van der Waals surface area contributed by atoms with Gasteiger partial charge in [0.2, 0.25) is 0 Å². The van der Waals surface area contributed by atoms with Crippen molar-refractivity contribution in [1.29, 1.82) is 0 Å². The van der Waals surface area contributed by atoms with Crippen molar-refractivity contribution in [2.45, 2.75) is 26.2 Å². The third-order valence-corrected chi connectivity index (χ3v) is 4.30. The van der Waals surface area contributed by atoms with Crippen molar-refractivity contribution in [1.82, 2.24) is 0 Å². The molecule has 1 aliphatic carbocycles. The monoisotopic (exact) mass is 286 g/mol. The van der Waals surface area contributed by atoms with Gasteiger partial charge >= 0.3 is 0 Å². The lowest BCUT2D eigenvalue weighted by Crippen LogP contribution is -1.87. The maximum absolute atomic E-state index is 3.77. The van der Waals surface area contributed by atoms with Gasteiger partial charge in [-0.25, -0.2) is 0 Å². The Morgan fingerprint density at radius 2 is 2.06 bits per heavy atom. The molecule has 0 aromatic heterocycles. The molecule has 0 saturated heterocycles. The van der Waals surface area contributed by atoms with Gasteiger partial charge in [-0.05, 0) is 50.7 Å². The molecule has 0 amide bonds. The summed E-state index contributed by atoms with van der Waals surface area (Å²) in [6.07, 6.45) is 5.95. The zero-order chi connectivity index (χ0) is 11.8. The van der Waals surface area contributed by atoms with E-state index in [4.69, 9.17) is 0 Å². The van der Waals surface area contributed by atoms with E-state index in [9.17, 15) is 0 Å². The molecule has 2 aromatic carbocycles. The second-order valence-corrected chi connectivity index (χ2v) is 5.51. The molecule has 0 bridgehead atoms. The van der Waals surface area contributed by atoms with Crippen LogP contribution in [0.2, 0.25) is 0 Å². The Morgan fingerprint density at radius 1 is 1.24 bits per heavy atom. The highest BCUT2D eigenvalue weighted by atomic mass is 79.9. The van der Waals surface area contributed by atoms with E-state index >= 15 is 0 Å². The van der Waals surface area contributed by atoms with Gasteiger partial charge in [-0.15, -0.1) is 0 Å². The van der Waals surface area contributed by atoms with E-state index in [0.29, 0.717) is 0 Å². The highest BCUT2D eigenvalue weighted by Gasteiger charge is 2.16. The van der Waals surface area contributed by atoms with Crippen LogP contribution in [0.4, 0.5) is 0 Å². The quantitative estimate of drug-likeness (QED) is 0.699. The van der Waals surface area contributed by atoms with Crippen molar-refractivity contribution in [2.75, 3.05) is 0 Å². The predicted molar refractivity (Wildman–Crippen MR) is 78.2 cm³/mol. The van der Waals surface area contributed by atoms with E-state index < -0.39 is 0 Å². The summed E-state index contributed by atoms with van der Waals surface area (Å²) in [7, 11) is 0. The van der Waals surface area contributed by atoms with E-state index in [1.54, 1.807) is 5.57 Å². The fourth-order valence-electron chi connectivity index (χ4n) is 2.66. The van der Waals surface area contributed by atoms with Crippen LogP contribution >= 0.6 is 15.9 Å². The molecular weight excluding hydrogens is 272 g/mol. The van der Waals surface area contributed by atoms with Gasteiger partial charge < -0.3 is 0 Å². The molecule has 0 atom stereocenters. The first-order valence-corrected chi connectivity index (χ1v) is 6.98. The molecule has 0 radical (unpaired) electrons. The van der Waals surface area contributed by atoms with E-state index in [2.05, 4.69) is 59.3 Å². The van der Waals surface area contributed by atoms with Crippen LogP contribution in [0, 0.1) is 0 Å². The standard InChI is InChI=1S/C16H15Br/c1-2-5-11-8-13-10-12-6-3-4-7-14(12)16(17)15(13)9-11/h3-4,6-7,9-10H,2,5,8H2,1H3. The first kappa shape index (κ1) is 11.0. The molecule has 1 heteroatoms. The summed E-state index contributed by atoms with van der Waals surface area (Å²) < 4.78 is 1.26. The minimum atomic E-state index is 1.13. The minimum absolute atomic E-state index is 1.13. The molecule has 3 rings (SSSR count). The van der Waals surface area contributed by atoms with Crippen LogP contribution in [0.1, 0.15) is 30.9 Å². The molecule has 0 nitrogen and oxygen atoms in total. The van der Waals surface area contributed by atoms with Crippen LogP contribution in [0.3, 0.4) is 0 Å². The summed E-state index contributed by atoms with van der Waals surface area (Å²) in [4.78, 5) is 0. The lowest BCUT2D eigenvalue weighted by atomic mass is 10.0. The van der Waals surface area contributed by atoms with E-state index in [-0.39, 0.29) is 0 Å². The maximum Gasteiger partial charge on any atom is 0.0329 e. The molecule has 2 aromatic rings. The van der Waals surface area contributed by atoms with Crippen LogP contribution < -0.4 is 0 Å². The smallest absolute Gasteiger partial charge is 0.0329 e. The molecule has 0 saturated carbocycles. The Labute approximate surface area is 110 Å².